The van der Waals surface area contributed by atoms with Crippen molar-refractivity contribution in [1.29, 1.82) is 0 Å². The van der Waals surface area contributed by atoms with Gasteiger partial charge < -0.3 is 19.5 Å². The second-order valence-corrected chi connectivity index (χ2v) is 8.13. The summed E-state index contributed by atoms with van der Waals surface area (Å²) in [6.45, 7) is 7.50. The van der Waals surface area contributed by atoms with E-state index >= 15 is 0 Å². The lowest BCUT2D eigenvalue weighted by Crippen LogP contribution is -2.26. The van der Waals surface area contributed by atoms with E-state index in [-0.39, 0.29) is 6.10 Å². The van der Waals surface area contributed by atoms with Gasteiger partial charge >= 0.3 is 0 Å². The number of aromatic nitrogens is 2. The maximum absolute atomic E-state index is 11.4. The molecule has 1 aromatic heterocycles. The minimum Gasteiger partial charge on any atom is -0.489 e. The van der Waals surface area contributed by atoms with E-state index in [1.54, 1.807) is 11.8 Å². The Bertz CT molecular complexity index is 987. The lowest BCUT2D eigenvalue weighted by molar-refractivity contribution is -0.107. The predicted octanol–water partition coefficient (Wildman–Crippen LogP) is 5.86. The summed E-state index contributed by atoms with van der Waals surface area (Å²) in [4.78, 5) is 17.5. The first-order chi connectivity index (χ1) is 16.1. The largest absolute Gasteiger partial charge is 0.489 e. The second kappa shape index (κ2) is 12.6. The topological polar surface area (TPSA) is 80.5 Å². The molecule has 33 heavy (non-hydrogen) atoms. The van der Waals surface area contributed by atoms with Gasteiger partial charge in [-0.2, -0.15) is 4.98 Å². The molecule has 0 spiro atoms. The number of rotatable bonds is 14. The fraction of sp³-hybridized carbons (Fsp3) is 0.423. The Labute approximate surface area is 196 Å². The maximum atomic E-state index is 11.4. The molecule has 176 valence electrons. The van der Waals surface area contributed by atoms with Gasteiger partial charge in [-0.3, -0.25) is 4.79 Å². The van der Waals surface area contributed by atoms with Crippen LogP contribution in [0.3, 0.4) is 0 Å². The van der Waals surface area contributed by atoms with Gasteiger partial charge in [-0.15, -0.1) is 0 Å². The van der Waals surface area contributed by atoms with Gasteiger partial charge in [0.15, 0.2) is 0 Å². The van der Waals surface area contributed by atoms with Crippen LogP contribution in [0.4, 0.5) is 11.4 Å². The Morgan fingerprint density at radius 3 is 2.61 bits per heavy atom. The molecule has 3 rings (SSSR count). The van der Waals surface area contributed by atoms with Gasteiger partial charge in [-0.25, -0.2) is 0 Å². The Morgan fingerprint density at radius 2 is 1.94 bits per heavy atom. The van der Waals surface area contributed by atoms with Crippen molar-refractivity contribution in [2.24, 2.45) is 0 Å². The minimum atomic E-state index is 0.0115. The molecule has 0 aliphatic rings. The highest BCUT2D eigenvalue weighted by Gasteiger charge is 2.12. The Balaban J connectivity index is 1.58. The molecule has 0 radical (unpaired) electrons. The number of nitrogens with one attached hydrogen (secondary N) is 1. The number of carbonyl (C=O) groups excluding carboxylic acids is 1. The number of hydrogen-bond donors (Lipinski definition) is 1. The number of carbonyl (C=O) groups is 1. The number of anilines is 2. The average molecular weight is 451 g/mol. The SMILES string of the molecule is CCCCCN(C=O)c1ccc(NCC(CCC)Oc2cccc(-c3noc(C)n3)c2)cc1. The van der Waals surface area contributed by atoms with E-state index < -0.39 is 0 Å². The van der Waals surface area contributed by atoms with Crippen LogP contribution < -0.4 is 15.0 Å². The number of aryl methyl sites for hydroxylation is 1. The zero-order valence-electron chi connectivity index (χ0n) is 19.8. The molecule has 0 saturated heterocycles. The number of benzene rings is 2. The van der Waals surface area contributed by atoms with Crippen molar-refractivity contribution in [3.05, 3.63) is 54.4 Å². The van der Waals surface area contributed by atoms with Crippen molar-refractivity contribution in [3.8, 4) is 17.1 Å². The molecule has 0 aliphatic heterocycles. The lowest BCUT2D eigenvalue weighted by Gasteiger charge is -2.21. The Kier molecular flexibility index (Phi) is 9.30. The Morgan fingerprint density at radius 1 is 1.12 bits per heavy atom. The third-order valence-corrected chi connectivity index (χ3v) is 5.40. The molecular formula is C26H34N4O3. The van der Waals surface area contributed by atoms with Crippen LogP contribution in [0.15, 0.2) is 53.1 Å². The van der Waals surface area contributed by atoms with Gasteiger partial charge in [0.1, 0.15) is 11.9 Å². The molecule has 0 bridgehead atoms. The van der Waals surface area contributed by atoms with Gasteiger partial charge in [-0.05, 0) is 49.2 Å². The molecule has 1 N–H and O–H groups in total. The van der Waals surface area contributed by atoms with E-state index in [2.05, 4.69) is 29.3 Å². The standard InChI is InChI=1S/C26H34N4O3/c1-4-6-7-16-30(19-31)23-14-12-22(13-15-23)27-18-25(9-5-2)32-24-11-8-10-21(17-24)26-28-20(3)33-29-26/h8,10-15,17,19,25,27H,4-7,9,16,18H2,1-3H3. The zero-order chi connectivity index (χ0) is 23.5. The van der Waals surface area contributed by atoms with Crippen LogP contribution in [0.25, 0.3) is 11.4 Å². The maximum Gasteiger partial charge on any atom is 0.223 e. The van der Waals surface area contributed by atoms with E-state index in [0.29, 0.717) is 18.3 Å². The summed E-state index contributed by atoms with van der Waals surface area (Å²) in [5, 5.41) is 7.45. The van der Waals surface area contributed by atoms with E-state index in [0.717, 1.165) is 67.7 Å². The molecule has 0 fully saturated rings. The molecule has 2 aromatic carbocycles. The highest BCUT2D eigenvalue weighted by molar-refractivity contribution is 5.75. The fourth-order valence-electron chi connectivity index (χ4n) is 3.62. The summed E-state index contributed by atoms with van der Waals surface area (Å²) in [7, 11) is 0. The van der Waals surface area contributed by atoms with Gasteiger partial charge in [0.2, 0.25) is 18.1 Å². The highest BCUT2D eigenvalue weighted by Crippen LogP contribution is 2.23. The van der Waals surface area contributed by atoms with E-state index in [9.17, 15) is 4.79 Å². The van der Waals surface area contributed by atoms with Crippen LogP contribution in [0.1, 0.15) is 51.8 Å². The van der Waals surface area contributed by atoms with E-state index in [1.165, 1.54) is 0 Å². The normalized spacial score (nSPS) is 11.7. The second-order valence-electron chi connectivity index (χ2n) is 8.13. The molecule has 7 heteroatoms. The summed E-state index contributed by atoms with van der Waals surface area (Å²) in [6, 6.07) is 15.7. The molecule has 1 unspecified atom stereocenters. The molecule has 1 atom stereocenters. The summed E-state index contributed by atoms with van der Waals surface area (Å²) >= 11 is 0. The minimum absolute atomic E-state index is 0.0115. The van der Waals surface area contributed by atoms with Crippen LogP contribution in [-0.2, 0) is 4.79 Å². The van der Waals surface area contributed by atoms with Gasteiger partial charge in [0.05, 0.1) is 6.54 Å². The smallest absolute Gasteiger partial charge is 0.223 e. The van der Waals surface area contributed by atoms with Crippen LogP contribution in [0, 0.1) is 6.92 Å². The van der Waals surface area contributed by atoms with Gasteiger partial charge in [0.25, 0.3) is 0 Å². The third kappa shape index (κ3) is 7.34. The summed E-state index contributed by atoms with van der Waals surface area (Å²) in [5.41, 5.74) is 2.78. The van der Waals surface area contributed by atoms with Crippen molar-refractivity contribution in [2.45, 2.75) is 59.0 Å². The quantitative estimate of drug-likeness (QED) is 0.245. The molecular weight excluding hydrogens is 416 g/mol. The molecule has 3 aromatic rings. The van der Waals surface area contributed by atoms with Crippen LogP contribution in [-0.4, -0.2) is 35.7 Å². The molecule has 0 saturated carbocycles. The first kappa shape index (κ1) is 24.3. The molecule has 0 aliphatic carbocycles. The summed E-state index contributed by atoms with van der Waals surface area (Å²) < 4.78 is 11.4. The van der Waals surface area contributed by atoms with Crippen LogP contribution >= 0.6 is 0 Å². The van der Waals surface area contributed by atoms with Gasteiger partial charge in [0, 0.05) is 30.4 Å². The fourth-order valence-corrected chi connectivity index (χ4v) is 3.62. The molecule has 1 amide bonds. The van der Waals surface area contributed by atoms with Crippen molar-refractivity contribution in [3.63, 3.8) is 0 Å². The lowest BCUT2D eigenvalue weighted by atomic mass is 10.1. The highest BCUT2D eigenvalue weighted by atomic mass is 16.5. The van der Waals surface area contributed by atoms with E-state index in [1.807, 2.05) is 48.5 Å². The van der Waals surface area contributed by atoms with Crippen molar-refractivity contribution in [1.82, 2.24) is 10.1 Å². The number of nitrogens with zero attached hydrogens (tertiary/aromatic N) is 3. The number of hydrogen-bond acceptors (Lipinski definition) is 6. The monoisotopic (exact) mass is 450 g/mol. The summed E-state index contributed by atoms with van der Waals surface area (Å²) in [5.74, 6) is 1.87. The number of amides is 1. The first-order valence-electron chi connectivity index (χ1n) is 11.8. The average Bonchev–Trinajstić information content (AvgIpc) is 3.27. The number of ether oxygens (including phenoxy) is 1. The molecule has 1 heterocycles. The van der Waals surface area contributed by atoms with Crippen molar-refractivity contribution >= 4 is 17.8 Å². The van der Waals surface area contributed by atoms with E-state index in [4.69, 9.17) is 9.26 Å². The molecule has 7 nitrogen and oxygen atoms in total. The number of unbranched alkanes of at least 4 members (excludes halogenated alkanes) is 2. The zero-order valence-corrected chi connectivity index (χ0v) is 19.8. The van der Waals surface area contributed by atoms with Gasteiger partial charge in [-0.1, -0.05) is 50.4 Å². The predicted molar refractivity (Wildman–Crippen MR) is 132 cm³/mol. The van der Waals surface area contributed by atoms with Crippen LogP contribution in [0.5, 0.6) is 5.75 Å². The third-order valence-electron chi connectivity index (χ3n) is 5.40. The van der Waals surface area contributed by atoms with Crippen molar-refractivity contribution in [2.75, 3.05) is 23.3 Å². The first-order valence-corrected chi connectivity index (χ1v) is 11.8. The Hall–Kier alpha value is -3.35. The summed E-state index contributed by atoms with van der Waals surface area (Å²) in [6.07, 6.45) is 6.13. The van der Waals surface area contributed by atoms with Crippen LogP contribution in [0.2, 0.25) is 0 Å². The van der Waals surface area contributed by atoms with Crippen molar-refractivity contribution < 1.29 is 14.1 Å².